The average molecular weight is 191 g/mol. The largest absolute Gasteiger partial charge is 0.385 e. The quantitative estimate of drug-likeness (QED) is 0.588. The molecule has 0 rings (SSSR count). The summed E-state index contributed by atoms with van der Waals surface area (Å²) in [6.07, 6.45) is 0.449. The molecule has 0 aliphatic carbocycles. The first-order chi connectivity index (χ1) is 5.54. The zero-order chi connectivity index (χ0) is 9.61. The van der Waals surface area contributed by atoms with Crippen LogP contribution in [-0.2, 0) is 14.6 Å². The fourth-order valence-electron chi connectivity index (χ4n) is 0.662. The zero-order valence-electron chi connectivity index (χ0n) is 7.28. The Morgan fingerprint density at radius 3 is 2.58 bits per heavy atom. The Morgan fingerprint density at radius 2 is 2.17 bits per heavy atom. The van der Waals surface area contributed by atoms with Crippen LogP contribution in [0.3, 0.4) is 0 Å². The van der Waals surface area contributed by atoms with Gasteiger partial charge in [-0.3, -0.25) is 0 Å². The molecule has 0 fully saturated rings. The van der Waals surface area contributed by atoms with Crippen LogP contribution in [0.1, 0.15) is 13.3 Å². The highest BCUT2D eigenvalue weighted by atomic mass is 32.2. The minimum Gasteiger partial charge on any atom is -0.385 e. The van der Waals surface area contributed by atoms with E-state index in [0.717, 1.165) is 0 Å². The van der Waals surface area contributed by atoms with Crippen molar-refractivity contribution in [1.29, 1.82) is 5.26 Å². The molecule has 0 spiro atoms. The Bertz CT molecular complexity index is 252. The third-order valence-corrected chi connectivity index (χ3v) is 3.54. The molecule has 0 saturated carbocycles. The smallest absolute Gasteiger partial charge is 0.166 e. The predicted octanol–water partition coefficient (Wildman–Crippen LogP) is 0.350. The first-order valence-corrected chi connectivity index (χ1v) is 5.36. The Hall–Kier alpha value is -0.600. The van der Waals surface area contributed by atoms with E-state index in [4.69, 9.17) is 10.00 Å². The lowest BCUT2D eigenvalue weighted by Crippen LogP contribution is -2.20. The van der Waals surface area contributed by atoms with Gasteiger partial charge >= 0.3 is 0 Å². The van der Waals surface area contributed by atoms with E-state index < -0.39 is 15.1 Å². The maximum absolute atomic E-state index is 11.2. The molecule has 0 aromatic rings. The van der Waals surface area contributed by atoms with Crippen LogP contribution in [0, 0.1) is 11.3 Å². The van der Waals surface area contributed by atoms with Crippen LogP contribution in [0.2, 0.25) is 0 Å². The van der Waals surface area contributed by atoms with Gasteiger partial charge in [-0.25, -0.2) is 8.42 Å². The molecule has 0 aliphatic rings. The summed E-state index contributed by atoms with van der Waals surface area (Å²) < 4.78 is 27.0. The van der Waals surface area contributed by atoms with E-state index in [1.54, 1.807) is 6.07 Å². The molecule has 4 nitrogen and oxygen atoms in total. The van der Waals surface area contributed by atoms with Gasteiger partial charge in [-0.2, -0.15) is 5.26 Å². The van der Waals surface area contributed by atoms with Crippen LogP contribution in [0.15, 0.2) is 0 Å². The number of rotatable bonds is 5. The summed E-state index contributed by atoms with van der Waals surface area (Å²) >= 11 is 0. The van der Waals surface area contributed by atoms with Gasteiger partial charge in [0.15, 0.2) is 9.84 Å². The van der Waals surface area contributed by atoms with Crippen molar-refractivity contribution >= 4 is 9.84 Å². The van der Waals surface area contributed by atoms with E-state index in [0.29, 0.717) is 13.0 Å². The minimum absolute atomic E-state index is 0.0234. The van der Waals surface area contributed by atoms with Gasteiger partial charge in [-0.1, -0.05) is 0 Å². The Kier molecular flexibility index (Phi) is 4.86. The molecule has 0 aromatic heterocycles. The number of hydrogen-bond acceptors (Lipinski definition) is 4. The Balaban J connectivity index is 3.99. The fraction of sp³-hybridized carbons (Fsp3) is 0.857. The second-order valence-electron chi connectivity index (χ2n) is 2.48. The SMILES string of the molecule is COCCCS(=O)(=O)C(C)C#N. The number of sulfone groups is 1. The molecule has 0 N–H and O–H groups in total. The number of methoxy groups -OCH3 is 1. The molecule has 5 heteroatoms. The van der Waals surface area contributed by atoms with Crippen molar-refractivity contribution in [2.24, 2.45) is 0 Å². The normalized spacial score (nSPS) is 13.8. The molecule has 0 radical (unpaired) electrons. The Labute approximate surface area is 73.1 Å². The minimum atomic E-state index is -3.22. The topological polar surface area (TPSA) is 67.2 Å². The van der Waals surface area contributed by atoms with Crippen molar-refractivity contribution < 1.29 is 13.2 Å². The van der Waals surface area contributed by atoms with E-state index in [9.17, 15) is 8.42 Å². The standard InChI is InChI=1S/C7H13NO3S/c1-7(6-8)12(9,10)5-3-4-11-2/h7H,3-5H2,1-2H3. The molecule has 1 unspecified atom stereocenters. The van der Waals surface area contributed by atoms with E-state index in [1.807, 2.05) is 0 Å². The van der Waals surface area contributed by atoms with Gasteiger partial charge < -0.3 is 4.74 Å². The van der Waals surface area contributed by atoms with E-state index in [2.05, 4.69) is 0 Å². The number of nitriles is 1. The number of ether oxygens (including phenoxy) is 1. The second kappa shape index (κ2) is 5.12. The number of hydrogen-bond donors (Lipinski definition) is 0. The maximum atomic E-state index is 11.2. The van der Waals surface area contributed by atoms with Crippen molar-refractivity contribution in [3.05, 3.63) is 0 Å². The van der Waals surface area contributed by atoms with Crippen LogP contribution >= 0.6 is 0 Å². The van der Waals surface area contributed by atoms with Gasteiger partial charge in [-0.05, 0) is 13.3 Å². The zero-order valence-corrected chi connectivity index (χ0v) is 8.10. The molecule has 0 amide bonds. The molecule has 12 heavy (non-hydrogen) atoms. The van der Waals surface area contributed by atoms with Crippen molar-refractivity contribution in [3.63, 3.8) is 0 Å². The van der Waals surface area contributed by atoms with E-state index in [-0.39, 0.29) is 5.75 Å². The van der Waals surface area contributed by atoms with Gasteiger partial charge in [0.05, 0.1) is 11.8 Å². The van der Waals surface area contributed by atoms with Crippen LogP contribution in [-0.4, -0.2) is 33.1 Å². The van der Waals surface area contributed by atoms with Crippen LogP contribution in [0.4, 0.5) is 0 Å². The third kappa shape index (κ3) is 3.69. The number of nitrogens with zero attached hydrogens (tertiary/aromatic N) is 1. The fourth-order valence-corrected chi connectivity index (χ4v) is 1.70. The lowest BCUT2D eigenvalue weighted by atomic mass is 10.5. The third-order valence-electron chi connectivity index (χ3n) is 1.50. The van der Waals surface area contributed by atoms with E-state index >= 15 is 0 Å². The highest BCUT2D eigenvalue weighted by Gasteiger charge is 2.19. The molecule has 0 aliphatic heterocycles. The molecule has 70 valence electrons. The van der Waals surface area contributed by atoms with Crippen LogP contribution < -0.4 is 0 Å². The first-order valence-electron chi connectivity index (χ1n) is 3.64. The monoisotopic (exact) mass is 191 g/mol. The summed E-state index contributed by atoms with van der Waals surface area (Å²) in [7, 11) is -1.71. The summed E-state index contributed by atoms with van der Waals surface area (Å²) in [6.45, 7) is 1.81. The molecule has 1 atom stereocenters. The van der Waals surface area contributed by atoms with E-state index in [1.165, 1.54) is 14.0 Å². The lowest BCUT2D eigenvalue weighted by molar-refractivity contribution is 0.199. The van der Waals surface area contributed by atoms with Gasteiger partial charge in [0.1, 0.15) is 5.25 Å². The molecule has 0 saturated heterocycles. The van der Waals surface area contributed by atoms with Crippen molar-refractivity contribution in [3.8, 4) is 6.07 Å². The summed E-state index contributed by atoms with van der Waals surface area (Å²) in [5, 5.41) is 7.46. The van der Waals surface area contributed by atoms with Gasteiger partial charge in [0.2, 0.25) is 0 Å². The average Bonchev–Trinajstić information content (AvgIpc) is 2.03. The second-order valence-corrected chi connectivity index (χ2v) is 4.93. The van der Waals surface area contributed by atoms with Crippen LogP contribution in [0.5, 0.6) is 0 Å². The lowest BCUT2D eigenvalue weighted by Gasteiger charge is -2.04. The highest BCUT2D eigenvalue weighted by Crippen LogP contribution is 2.02. The molecule has 0 heterocycles. The molecule has 0 aromatic carbocycles. The summed E-state index contributed by atoms with van der Waals surface area (Å²) in [6, 6.07) is 1.70. The maximum Gasteiger partial charge on any atom is 0.166 e. The van der Waals surface area contributed by atoms with Crippen molar-refractivity contribution in [1.82, 2.24) is 0 Å². The highest BCUT2D eigenvalue weighted by molar-refractivity contribution is 7.92. The molecule has 0 bridgehead atoms. The predicted molar refractivity (Wildman–Crippen MR) is 45.4 cm³/mol. The summed E-state index contributed by atoms with van der Waals surface area (Å²) in [5.74, 6) is 0.0234. The van der Waals surface area contributed by atoms with Gasteiger partial charge in [0, 0.05) is 13.7 Å². The van der Waals surface area contributed by atoms with Gasteiger partial charge in [0.25, 0.3) is 0 Å². The van der Waals surface area contributed by atoms with Crippen LogP contribution in [0.25, 0.3) is 0 Å². The van der Waals surface area contributed by atoms with Crippen molar-refractivity contribution in [2.45, 2.75) is 18.6 Å². The molecular formula is C7H13NO3S. The molecular weight excluding hydrogens is 178 g/mol. The Morgan fingerprint density at radius 1 is 1.58 bits per heavy atom. The first kappa shape index (κ1) is 11.4. The van der Waals surface area contributed by atoms with Gasteiger partial charge in [-0.15, -0.1) is 0 Å². The summed E-state index contributed by atoms with van der Waals surface area (Å²) in [4.78, 5) is 0. The summed E-state index contributed by atoms with van der Waals surface area (Å²) in [5.41, 5.74) is 0. The van der Waals surface area contributed by atoms with Crippen molar-refractivity contribution in [2.75, 3.05) is 19.5 Å².